The molecule has 0 aliphatic heterocycles. The number of aromatic nitrogens is 1. The SMILES string of the molecule is CCCCN(C)S(=O)(=O)c1ccc(C(=O)N(/N=C/c2ccco2)c2nc3ccc(F)cc3s2)cc1. The molecule has 2 aromatic carbocycles. The Morgan fingerprint density at radius 2 is 1.97 bits per heavy atom. The summed E-state index contributed by atoms with van der Waals surface area (Å²) in [5.41, 5.74) is 0.733. The van der Waals surface area contributed by atoms with Gasteiger partial charge < -0.3 is 4.42 Å². The van der Waals surface area contributed by atoms with Gasteiger partial charge in [0.25, 0.3) is 5.91 Å². The minimum absolute atomic E-state index is 0.0914. The lowest BCUT2D eigenvalue weighted by Crippen LogP contribution is -2.28. The van der Waals surface area contributed by atoms with Gasteiger partial charge in [0.1, 0.15) is 11.6 Å². The second kappa shape index (κ2) is 10.5. The standard InChI is InChI=1S/C24H23FN4O4S2/c1-3-4-13-28(2)35(31,32)20-10-7-17(8-11-20)23(30)29(26-16-19-6-5-14-33-19)24-27-21-12-9-18(25)15-22(21)34-24/h5-12,14-16H,3-4,13H2,1-2H3/b26-16+. The van der Waals surface area contributed by atoms with Gasteiger partial charge >= 0.3 is 0 Å². The van der Waals surface area contributed by atoms with Crippen LogP contribution in [0.25, 0.3) is 10.2 Å². The van der Waals surface area contributed by atoms with Gasteiger partial charge in [-0.1, -0.05) is 24.7 Å². The topological polar surface area (TPSA) is 96.1 Å². The summed E-state index contributed by atoms with van der Waals surface area (Å²) < 4.78 is 46.4. The summed E-state index contributed by atoms with van der Waals surface area (Å²) in [5.74, 6) is -0.521. The smallest absolute Gasteiger partial charge is 0.280 e. The van der Waals surface area contributed by atoms with Crippen molar-refractivity contribution in [3.63, 3.8) is 0 Å². The molecule has 0 saturated carbocycles. The molecule has 0 spiro atoms. The number of hydrazone groups is 1. The van der Waals surface area contributed by atoms with Crippen LogP contribution in [-0.2, 0) is 10.0 Å². The molecule has 2 heterocycles. The molecule has 35 heavy (non-hydrogen) atoms. The average molecular weight is 515 g/mol. The van der Waals surface area contributed by atoms with Crippen LogP contribution in [0.5, 0.6) is 0 Å². The molecule has 0 bridgehead atoms. The highest BCUT2D eigenvalue weighted by atomic mass is 32.2. The molecular weight excluding hydrogens is 491 g/mol. The zero-order chi connectivity index (χ0) is 25.0. The third-order valence-corrected chi connectivity index (χ3v) is 8.06. The maximum absolute atomic E-state index is 13.7. The van der Waals surface area contributed by atoms with Crippen LogP contribution in [0.4, 0.5) is 9.52 Å². The van der Waals surface area contributed by atoms with Crippen LogP contribution in [-0.4, -0.2) is 43.4 Å². The Labute approximate surface area is 206 Å². The molecule has 0 aliphatic carbocycles. The highest BCUT2D eigenvalue weighted by Crippen LogP contribution is 2.31. The number of unbranched alkanes of at least 4 members (excludes halogenated alkanes) is 1. The molecule has 0 atom stereocenters. The molecule has 0 saturated heterocycles. The van der Waals surface area contributed by atoms with Crippen LogP contribution in [0.3, 0.4) is 0 Å². The highest BCUT2D eigenvalue weighted by Gasteiger charge is 2.24. The van der Waals surface area contributed by atoms with Crippen LogP contribution >= 0.6 is 11.3 Å². The Balaban J connectivity index is 1.66. The van der Waals surface area contributed by atoms with Gasteiger partial charge in [-0.15, -0.1) is 0 Å². The maximum atomic E-state index is 13.7. The quantitative estimate of drug-likeness (QED) is 0.228. The van der Waals surface area contributed by atoms with Crippen molar-refractivity contribution in [1.82, 2.24) is 9.29 Å². The van der Waals surface area contributed by atoms with Crippen LogP contribution < -0.4 is 5.01 Å². The van der Waals surface area contributed by atoms with E-state index >= 15 is 0 Å². The van der Waals surface area contributed by atoms with E-state index in [0.29, 0.717) is 22.5 Å². The molecule has 0 fully saturated rings. The van der Waals surface area contributed by atoms with Gasteiger partial charge in [0, 0.05) is 19.2 Å². The van der Waals surface area contributed by atoms with E-state index in [2.05, 4.69) is 10.1 Å². The molecule has 0 N–H and O–H groups in total. The van der Waals surface area contributed by atoms with Gasteiger partial charge in [-0.3, -0.25) is 4.79 Å². The van der Waals surface area contributed by atoms with Gasteiger partial charge in [0.05, 0.1) is 27.6 Å². The largest absolute Gasteiger partial charge is 0.463 e. The first kappa shape index (κ1) is 24.7. The van der Waals surface area contributed by atoms with Gasteiger partial charge in [-0.25, -0.2) is 22.1 Å². The van der Waals surface area contributed by atoms with Crippen molar-refractivity contribution in [3.05, 3.63) is 78.0 Å². The fourth-order valence-electron chi connectivity index (χ4n) is 3.22. The van der Waals surface area contributed by atoms with Crippen molar-refractivity contribution in [2.24, 2.45) is 5.10 Å². The number of benzene rings is 2. The van der Waals surface area contributed by atoms with Crippen molar-refractivity contribution < 1.29 is 22.0 Å². The Bertz CT molecular complexity index is 1450. The Morgan fingerprint density at radius 3 is 2.66 bits per heavy atom. The molecule has 4 rings (SSSR count). The second-order valence-corrected chi connectivity index (χ2v) is 10.7. The Morgan fingerprint density at radius 1 is 1.20 bits per heavy atom. The van der Waals surface area contributed by atoms with E-state index < -0.39 is 21.7 Å². The van der Waals surface area contributed by atoms with Crippen LogP contribution in [0.2, 0.25) is 0 Å². The fourth-order valence-corrected chi connectivity index (χ4v) is 5.37. The summed E-state index contributed by atoms with van der Waals surface area (Å²) in [7, 11) is -2.13. The number of furan rings is 1. The molecule has 4 aromatic rings. The number of fused-ring (bicyclic) bond motifs is 1. The number of carbonyl (C=O) groups excluding carboxylic acids is 1. The van der Waals surface area contributed by atoms with Gasteiger partial charge in [-0.05, 0) is 61.0 Å². The number of amides is 1. The van der Waals surface area contributed by atoms with E-state index in [1.807, 2.05) is 6.92 Å². The number of rotatable bonds is 9. The zero-order valence-corrected chi connectivity index (χ0v) is 20.7. The van der Waals surface area contributed by atoms with E-state index in [-0.39, 0.29) is 15.6 Å². The average Bonchev–Trinajstić information content (AvgIpc) is 3.52. The monoisotopic (exact) mass is 514 g/mol. The first-order valence-electron chi connectivity index (χ1n) is 10.8. The van der Waals surface area contributed by atoms with E-state index in [4.69, 9.17) is 4.42 Å². The lowest BCUT2D eigenvalue weighted by molar-refractivity contribution is 0.0987. The van der Waals surface area contributed by atoms with Crippen LogP contribution in [0.1, 0.15) is 35.9 Å². The summed E-state index contributed by atoms with van der Waals surface area (Å²) in [4.78, 5) is 17.9. The number of nitrogens with zero attached hydrogens (tertiary/aromatic N) is 4. The number of thiazole rings is 1. The van der Waals surface area contributed by atoms with E-state index in [1.54, 1.807) is 12.1 Å². The Hall–Kier alpha value is -3.41. The summed E-state index contributed by atoms with van der Waals surface area (Å²) >= 11 is 1.11. The van der Waals surface area contributed by atoms with Gasteiger partial charge in [0.15, 0.2) is 0 Å². The van der Waals surface area contributed by atoms with Crippen molar-refractivity contribution in [2.45, 2.75) is 24.7 Å². The summed E-state index contributed by atoms with van der Waals surface area (Å²) in [5, 5.41) is 5.57. The predicted molar refractivity (Wildman–Crippen MR) is 134 cm³/mol. The van der Waals surface area contributed by atoms with Gasteiger partial charge in [-0.2, -0.15) is 10.1 Å². The number of hydrogen-bond acceptors (Lipinski definition) is 7. The number of sulfonamides is 1. The molecule has 11 heteroatoms. The molecule has 0 radical (unpaired) electrons. The molecule has 0 aliphatic rings. The van der Waals surface area contributed by atoms with E-state index in [0.717, 1.165) is 29.2 Å². The second-order valence-electron chi connectivity index (χ2n) is 7.69. The number of hydrogen-bond donors (Lipinski definition) is 0. The third-order valence-electron chi connectivity index (χ3n) is 5.19. The lowest BCUT2D eigenvalue weighted by Gasteiger charge is -2.17. The number of anilines is 1. The third kappa shape index (κ3) is 5.47. The predicted octanol–water partition coefficient (Wildman–Crippen LogP) is 5.13. The first-order chi connectivity index (χ1) is 16.8. The van der Waals surface area contributed by atoms with E-state index in [9.17, 15) is 17.6 Å². The molecular formula is C24H23FN4O4S2. The minimum atomic E-state index is -3.67. The lowest BCUT2D eigenvalue weighted by atomic mass is 10.2. The summed E-state index contributed by atoms with van der Waals surface area (Å²) in [6.07, 6.45) is 4.47. The van der Waals surface area contributed by atoms with Crippen LogP contribution in [0, 0.1) is 5.82 Å². The molecule has 8 nitrogen and oxygen atoms in total. The number of carbonyl (C=O) groups is 1. The fraction of sp³-hybridized carbons (Fsp3) is 0.208. The first-order valence-corrected chi connectivity index (χ1v) is 13.1. The minimum Gasteiger partial charge on any atom is -0.463 e. The Kier molecular flexibility index (Phi) is 7.39. The van der Waals surface area contributed by atoms with Crippen molar-refractivity contribution in [3.8, 4) is 0 Å². The summed E-state index contributed by atoms with van der Waals surface area (Å²) in [6.45, 7) is 2.40. The zero-order valence-electron chi connectivity index (χ0n) is 19.1. The normalized spacial score (nSPS) is 12.1. The van der Waals surface area contributed by atoms with Gasteiger partial charge in [0.2, 0.25) is 15.2 Å². The highest BCUT2D eigenvalue weighted by molar-refractivity contribution is 7.89. The van der Waals surface area contributed by atoms with Crippen molar-refractivity contribution in [1.29, 1.82) is 0 Å². The maximum Gasteiger partial charge on any atom is 0.280 e. The van der Waals surface area contributed by atoms with E-state index in [1.165, 1.54) is 66.3 Å². The number of halogens is 1. The molecule has 182 valence electrons. The molecule has 0 unspecified atom stereocenters. The van der Waals surface area contributed by atoms with Crippen LogP contribution in [0.15, 0.2) is 75.3 Å². The van der Waals surface area contributed by atoms with Crippen molar-refractivity contribution in [2.75, 3.05) is 18.6 Å². The molecule has 2 aromatic heterocycles. The molecule has 1 amide bonds. The van der Waals surface area contributed by atoms with Crippen molar-refractivity contribution >= 4 is 48.8 Å². The summed E-state index contributed by atoms with van der Waals surface area (Å²) in [6, 6.07) is 13.2.